The van der Waals surface area contributed by atoms with Gasteiger partial charge in [0, 0.05) is 39.6 Å². The molecular weight excluding hydrogens is 623 g/mol. The zero-order valence-corrected chi connectivity index (χ0v) is 27.6. The van der Waals surface area contributed by atoms with E-state index in [1.54, 1.807) is 0 Å². The zero-order valence-electron chi connectivity index (χ0n) is 27.6. The van der Waals surface area contributed by atoms with Gasteiger partial charge >= 0.3 is 0 Å². The number of benzene rings is 6. The third-order valence-electron chi connectivity index (χ3n) is 9.08. The van der Waals surface area contributed by atoms with Gasteiger partial charge in [0.2, 0.25) is 0 Å². The summed E-state index contributed by atoms with van der Waals surface area (Å²) in [4.78, 5) is 20.2. The summed E-state index contributed by atoms with van der Waals surface area (Å²) in [6, 6.07) is 62.3. The van der Waals surface area contributed by atoms with E-state index in [9.17, 15) is 0 Å². The van der Waals surface area contributed by atoms with Crippen molar-refractivity contribution in [2.75, 3.05) is 0 Å². The second-order valence-corrected chi connectivity index (χ2v) is 12.4. The summed E-state index contributed by atoms with van der Waals surface area (Å²) in [6.45, 7) is 0. The number of rotatable bonds is 7. The van der Waals surface area contributed by atoms with Crippen LogP contribution in [0.15, 0.2) is 188 Å². The van der Waals surface area contributed by atoms with Crippen LogP contribution in [0.3, 0.4) is 0 Å². The normalized spacial score (nSPS) is 11.1. The lowest BCUT2D eigenvalue weighted by Gasteiger charge is -2.11. The second kappa shape index (κ2) is 13.1. The minimum atomic E-state index is 0.617. The van der Waals surface area contributed by atoms with Crippen molar-refractivity contribution in [2.45, 2.75) is 0 Å². The molecule has 0 spiro atoms. The highest BCUT2D eigenvalue weighted by atomic mass is 15.0. The first-order valence-electron chi connectivity index (χ1n) is 17.0. The van der Waals surface area contributed by atoms with Crippen molar-refractivity contribution in [3.8, 4) is 78.9 Å². The largest absolute Gasteiger partial charge is 0.298 e. The van der Waals surface area contributed by atoms with E-state index in [1.165, 1.54) is 0 Å². The summed E-state index contributed by atoms with van der Waals surface area (Å²) in [6.07, 6.45) is 2.21. The molecule has 3 heterocycles. The minimum absolute atomic E-state index is 0.617. The number of aromatic nitrogens is 5. The highest BCUT2D eigenvalue weighted by Gasteiger charge is 2.21. The molecular formula is C46H31N5. The van der Waals surface area contributed by atoms with Crippen LogP contribution in [-0.4, -0.2) is 24.3 Å². The molecule has 0 saturated carbocycles. The Morgan fingerprint density at radius 3 is 1.20 bits per heavy atom. The molecule has 0 aliphatic heterocycles. The summed E-state index contributed by atoms with van der Waals surface area (Å²) < 4.78 is 2.26. The van der Waals surface area contributed by atoms with Crippen LogP contribution < -0.4 is 0 Å². The van der Waals surface area contributed by atoms with E-state index in [-0.39, 0.29) is 0 Å². The van der Waals surface area contributed by atoms with Crippen LogP contribution in [0.4, 0.5) is 0 Å². The van der Waals surface area contributed by atoms with Crippen molar-refractivity contribution in [3.63, 3.8) is 0 Å². The first-order chi connectivity index (χ1) is 25.3. The Kier molecular flexibility index (Phi) is 7.76. The third-order valence-corrected chi connectivity index (χ3v) is 9.08. The predicted molar refractivity (Wildman–Crippen MR) is 207 cm³/mol. The molecule has 0 amide bonds. The van der Waals surface area contributed by atoms with Gasteiger partial charge in [0.15, 0.2) is 17.5 Å². The Morgan fingerprint density at radius 2 is 0.706 bits per heavy atom. The molecule has 9 aromatic rings. The smallest absolute Gasteiger partial charge is 0.164 e. The van der Waals surface area contributed by atoms with Crippen molar-refractivity contribution in [1.29, 1.82) is 0 Å². The summed E-state index contributed by atoms with van der Waals surface area (Å²) in [5.74, 6) is 1.89. The Balaban J connectivity index is 1.22. The topological polar surface area (TPSA) is 56.0 Å². The van der Waals surface area contributed by atoms with Gasteiger partial charge in [-0.25, -0.2) is 19.9 Å². The zero-order chi connectivity index (χ0) is 34.0. The molecule has 0 aliphatic rings. The van der Waals surface area contributed by atoms with Gasteiger partial charge in [-0.2, -0.15) is 0 Å². The quantitative estimate of drug-likeness (QED) is 0.172. The molecule has 51 heavy (non-hydrogen) atoms. The van der Waals surface area contributed by atoms with Crippen LogP contribution in [0.5, 0.6) is 0 Å². The van der Waals surface area contributed by atoms with Crippen molar-refractivity contribution in [2.24, 2.45) is 0 Å². The van der Waals surface area contributed by atoms with Crippen molar-refractivity contribution >= 4 is 5.65 Å². The number of pyridine rings is 1. The van der Waals surface area contributed by atoms with E-state index in [0.29, 0.717) is 17.5 Å². The second-order valence-electron chi connectivity index (χ2n) is 12.4. The van der Waals surface area contributed by atoms with Crippen LogP contribution >= 0.6 is 0 Å². The summed E-state index contributed by atoms with van der Waals surface area (Å²) in [5.41, 5.74) is 12.2. The fourth-order valence-electron chi connectivity index (χ4n) is 6.55. The molecule has 9 rings (SSSR count). The summed E-state index contributed by atoms with van der Waals surface area (Å²) in [7, 11) is 0. The molecule has 240 valence electrons. The number of imidazole rings is 1. The fourth-order valence-corrected chi connectivity index (χ4v) is 6.55. The lowest BCUT2D eigenvalue weighted by molar-refractivity contribution is 1.07. The predicted octanol–water partition coefficient (Wildman–Crippen LogP) is 11.2. The van der Waals surface area contributed by atoms with Gasteiger partial charge < -0.3 is 0 Å². The van der Waals surface area contributed by atoms with Gasteiger partial charge in [-0.3, -0.25) is 4.40 Å². The Morgan fingerprint density at radius 1 is 0.314 bits per heavy atom. The van der Waals surface area contributed by atoms with Gasteiger partial charge in [0.1, 0.15) is 5.65 Å². The summed E-state index contributed by atoms with van der Waals surface area (Å²) in [5, 5.41) is 0. The van der Waals surface area contributed by atoms with E-state index >= 15 is 0 Å². The SMILES string of the molecule is c1ccc(-c2cc(-c3ccccc3)c3nc(-c4ccc(-c5nc(-c6ccccc6)nc(-c6ccccc6)n5)cc4)c(-c4ccccc4)n3c2)cc1. The molecule has 6 aromatic carbocycles. The first kappa shape index (κ1) is 30.1. The number of fused-ring (bicyclic) bond motifs is 1. The molecule has 0 unspecified atom stereocenters. The number of hydrogen-bond donors (Lipinski definition) is 0. The number of hydrogen-bond acceptors (Lipinski definition) is 4. The Hall–Kier alpha value is -6.98. The third kappa shape index (κ3) is 5.87. The van der Waals surface area contributed by atoms with E-state index in [0.717, 1.165) is 67.1 Å². The monoisotopic (exact) mass is 653 g/mol. The van der Waals surface area contributed by atoms with Crippen LogP contribution in [0.1, 0.15) is 0 Å². The van der Waals surface area contributed by atoms with Gasteiger partial charge in [0.05, 0.1) is 11.4 Å². The van der Waals surface area contributed by atoms with Crippen molar-refractivity contribution in [1.82, 2.24) is 24.3 Å². The maximum atomic E-state index is 5.40. The molecule has 0 saturated heterocycles. The summed E-state index contributed by atoms with van der Waals surface area (Å²) >= 11 is 0. The van der Waals surface area contributed by atoms with Crippen LogP contribution in [0, 0.1) is 0 Å². The average Bonchev–Trinajstić information content (AvgIpc) is 3.62. The molecule has 5 heteroatoms. The maximum Gasteiger partial charge on any atom is 0.164 e. The van der Waals surface area contributed by atoms with Gasteiger partial charge in [-0.15, -0.1) is 0 Å². The molecule has 0 bridgehead atoms. The van der Waals surface area contributed by atoms with Crippen LogP contribution in [0.25, 0.3) is 84.6 Å². The lowest BCUT2D eigenvalue weighted by atomic mass is 10.0. The lowest BCUT2D eigenvalue weighted by Crippen LogP contribution is -2.00. The first-order valence-corrected chi connectivity index (χ1v) is 17.0. The van der Waals surface area contributed by atoms with Crippen molar-refractivity contribution in [3.05, 3.63) is 188 Å². The Bertz CT molecular complexity index is 2530. The molecule has 0 fully saturated rings. The highest BCUT2D eigenvalue weighted by Crippen LogP contribution is 2.39. The molecule has 3 aromatic heterocycles. The molecule has 5 nitrogen and oxygen atoms in total. The average molecular weight is 654 g/mol. The van der Waals surface area contributed by atoms with Crippen LogP contribution in [-0.2, 0) is 0 Å². The van der Waals surface area contributed by atoms with E-state index in [1.807, 2.05) is 72.8 Å². The van der Waals surface area contributed by atoms with E-state index in [2.05, 4.69) is 120 Å². The minimum Gasteiger partial charge on any atom is -0.298 e. The van der Waals surface area contributed by atoms with E-state index in [4.69, 9.17) is 19.9 Å². The molecule has 0 N–H and O–H groups in total. The van der Waals surface area contributed by atoms with Crippen molar-refractivity contribution < 1.29 is 0 Å². The standard InChI is InChI=1S/C46H31N5/c1-6-16-32(17-7-1)39-30-40(33-18-8-2-9-19-33)46-47-41(42(51(46)31-39)35-20-10-3-11-21-35)34-26-28-38(29-27-34)45-49-43(36-22-12-4-13-23-36)48-44(50-45)37-24-14-5-15-25-37/h1-31H. The van der Waals surface area contributed by atoms with Gasteiger partial charge in [0.25, 0.3) is 0 Å². The number of nitrogens with zero attached hydrogens (tertiary/aromatic N) is 5. The van der Waals surface area contributed by atoms with Gasteiger partial charge in [-0.1, -0.05) is 176 Å². The Labute approximate surface area is 296 Å². The molecule has 0 radical (unpaired) electrons. The van der Waals surface area contributed by atoms with Crippen LogP contribution in [0.2, 0.25) is 0 Å². The van der Waals surface area contributed by atoms with Gasteiger partial charge in [-0.05, 0) is 22.8 Å². The molecule has 0 aliphatic carbocycles. The van der Waals surface area contributed by atoms with E-state index < -0.39 is 0 Å². The molecule has 0 atom stereocenters. The highest BCUT2D eigenvalue weighted by molar-refractivity contribution is 5.90. The maximum absolute atomic E-state index is 5.40. The fraction of sp³-hybridized carbons (Fsp3) is 0.